The molecule has 3 rings (SSSR count). The summed E-state index contributed by atoms with van der Waals surface area (Å²) in [6.07, 6.45) is 3.49. The highest BCUT2D eigenvalue weighted by molar-refractivity contribution is 5.83. The maximum atomic E-state index is 12.1. The molecule has 1 fully saturated rings. The lowest BCUT2D eigenvalue weighted by atomic mass is 10.0. The van der Waals surface area contributed by atoms with Crippen molar-refractivity contribution in [3.63, 3.8) is 0 Å². The molecule has 0 saturated carbocycles. The molecular weight excluding hydrogens is 262 g/mol. The lowest BCUT2D eigenvalue weighted by molar-refractivity contribution is 0.219. The molecule has 0 bridgehead atoms. The number of pyridine rings is 1. The first-order valence-corrected chi connectivity index (χ1v) is 7.87. The highest BCUT2D eigenvalue weighted by Gasteiger charge is 2.18. The summed E-state index contributed by atoms with van der Waals surface area (Å²) in [6.45, 7) is 5.70. The molecule has 4 heteroatoms. The number of rotatable bonds is 4. The predicted molar refractivity (Wildman–Crippen MR) is 87.9 cm³/mol. The smallest absolute Gasteiger partial charge is 0.257 e. The molecule has 0 radical (unpaired) electrons. The second-order valence-electron chi connectivity index (χ2n) is 5.86. The Hall–Kier alpha value is -1.81. The number of hydrogen-bond acceptors (Lipinski definition) is 3. The van der Waals surface area contributed by atoms with Crippen LogP contribution in [0.5, 0.6) is 0 Å². The molecule has 2 aromatic rings. The Labute approximate surface area is 125 Å². The van der Waals surface area contributed by atoms with Crippen molar-refractivity contribution >= 4 is 16.6 Å². The molecule has 112 valence electrons. The van der Waals surface area contributed by atoms with Crippen molar-refractivity contribution in [2.45, 2.75) is 32.2 Å². The first-order chi connectivity index (χ1) is 10.3. The molecular formula is C17H23N3O. The number of hydrogen-bond donors (Lipinski definition) is 2. The average Bonchev–Trinajstić information content (AvgIpc) is 2.50. The van der Waals surface area contributed by atoms with E-state index in [1.165, 1.54) is 13.0 Å². The zero-order chi connectivity index (χ0) is 14.7. The summed E-state index contributed by atoms with van der Waals surface area (Å²) in [5, 5.41) is 5.24. The number of H-pyrrole nitrogens is 1. The molecule has 21 heavy (non-hydrogen) atoms. The maximum Gasteiger partial charge on any atom is 0.257 e. The van der Waals surface area contributed by atoms with Crippen LogP contribution in [0, 0.1) is 0 Å². The van der Waals surface area contributed by atoms with Crippen molar-refractivity contribution in [3.05, 3.63) is 40.7 Å². The summed E-state index contributed by atoms with van der Waals surface area (Å²) in [5.74, 6) is 0.840. The Morgan fingerprint density at radius 3 is 2.81 bits per heavy atom. The fourth-order valence-corrected chi connectivity index (χ4v) is 3.13. The van der Waals surface area contributed by atoms with Gasteiger partial charge >= 0.3 is 0 Å². The van der Waals surface area contributed by atoms with Crippen molar-refractivity contribution < 1.29 is 0 Å². The lowest BCUT2D eigenvalue weighted by Gasteiger charge is -2.32. The molecule has 0 unspecified atom stereocenters. The highest BCUT2D eigenvalue weighted by atomic mass is 16.1. The van der Waals surface area contributed by atoms with Crippen LogP contribution in [-0.4, -0.2) is 35.6 Å². The Kier molecular flexibility index (Phi) is 4.25. The van der Waals surface area contributed by atoms with Crippen LogP contribution in [0.4, 0.5) is 5.82 Å². The first kappa shape index (κ1) is 14.1. The van der Waals surface area contributed by atoms with Gasteiger partial charge in [0.05, 0.1) is 0 Å². The number of aromatic amines is 1. The van der Waals surface area contributed by atoms with Gasteiger partial charge in [-0.1, -0.05) is 25.1 Å². The standard InChI is InChI=1S/C17H23N3O/c1-2-9-20-10-7-14(8-11-20)18-16-12-13-5-3-4-6-15(13)17(21)19-16/h3-6,12,14H,2,7-11H2,1H3,(H2,18,19,21). The van der Waals surface area contributed by atoms with Gasteiger partial charge in [0.1, 0.15) is 5.82 Å². The van der Waals surface area contributed by atoms with E-state index < -0.39 is 0 Å². The first-order valence-electron chi connectivity index (χ1n) is 7.87. The van der Waals surface area contributed by atoms with Gasteiger partial charge in [0.15, 0.2) is 0 Å². The van der Waals surface area contributed by atoms with E-state index in [1.807, 2.05) is 30.3 Å². The van der Waals surface area contributed by atoms with Crippen LogP contribution in [0.3, 0.4) is 0 Å². The molecule has 2 N–H and O–H groups in total. The second-order valence-corrected chi connectivity index (χ2v) is 5.86. The van der Waals surface area contributed by atoms with Gasteiger partial charge in [-0.2, -0.15) is 0 Å². The van der Waals surface area contributed by atoms with E-state index in [4.69, 9.17) is 0 Å². The fourth-order valence-electron chi connectivity index (χ4n) is 3.13. The van der Waals surface area contributed by atoms with Crippen LogP contribution >= 0.6 is 0 Å². The van der Waals surface area contributed by atoms with Gasteiger partial charge in [0.25, 0.3) is 5.56 Å². The topological polar surface area (TPSA) is 48.1 Å². The molecule has 1 aliphatic rings. The Morgan fingerprint density at radius 2 is 2.05 bits per heavy atom. The van der Waals surface area contributed by atoms with Crippen molar-refractivity contribution in [2.24, 2.45) is 0 Å². The molecule has 0 amide bonds. The van der Waals surface area contributed by atoms with Gasteiger partial charge in [-0.15, -0.1) is 0 Å². The molecule has 0 atom stereocenters. The van der Waals surface area contributed by atoms with Crippen molar-refractivity contribution in [1.82, 2.24) is 9.88 Å². The quantitative estimate of drug-likeness (QED) is 0.908. The Morgan fingerprint density at radius 1 is 1.29 bits per heavy atom. The van der Waals surface area contributed by atoms with Gasteiger partial charge < -0.3 is 15.2 Å². The fraction of sp³-hybridized carbons (Fsp3) is 0.471. The van der Waals surface area contributed by atoms with Gasteiger partial charge in [0.2, 0.25) is 0 Å². The van der Waals surface area contributed by atoms with Crippen LogP contribution in [-0.2, 0) is 0 Å². The summed E-state index contributed by atoms with van der Waals surface area (Å²) < 4.78 is 0. The number of anilines is 1. The summed E-state index contributed by atoms with van der Waals surface area (Å²) in [5.41, 5.74) is -0.0148. The summed E-state index contributed by atoms with van der Waals surface area (Å²) in [4.78, 5) is 17.5. The normalized spacial score (nSPS) is 17.2. The van der Waals surface area contributed by atoms with Gasteiger partial charge in [-0.3, -0.25) is 4.79 Å². The van der Waals surface area contributed by atoms with Crippen molar-refractivity contribution in [2.75, 3.05) is 25.0 Å². The third-order valence-electron chi connectivity index (χ3n) is 4.24. The average molecular weight is 285 g/mol. The van der Waals surface area contributed by atoms with E-state index in [0.29, 0.717) is 6.04 Å². The van der Waals surface area contributed by atoms with Crippen LogP contribution in [0.25, 0.3) is 10.8 Å². The molecule has 2 heterocycles. The Balaban J connectivity index is 1.70. The summed E-state index contributed by atoms with van der Waals surface area (Å²) in [6, 6.07) is 10.2. The molecule has 0 spiro atoms. The predicted octanol–water partition coefficient (Wildman–Crippen LogP) is 2.81. The van der Waals surface area contributed by atoms with Gasteiger partial charge in [-0.25, -0.2) is 0 Å². The molecule has 1 aromatic heterocycles. The van der Waals surface area contributed by atoms with E-state index in [9.17, 15) is 4.79 Å². The van der Waals surface area contributed by atoms with Crippen LogP contribution in [0.1, 0.15) is 26.2 Å². The minimum absolute atomic E-state index is 0.0148. The highest BCUT2D eigenvalue weighted by Crippen LogP contribution is 2.17. The van der Waals surface area contributed by atoms with Crippen molar-refractivity contribution in [1.29, 1.82) is 0 Å². The van der Waals surface area contributed by atoms with Gasteiger partial charge in [0, 0.05) is 24.5 Å². The number of benzene rings is 1. The van der Waals surface area contributed by atoms with E-state index in [-0.39, 0.29) is 5.56 Å². The zero-order valence-electron chi connectivity index (χ0n) is 12.6. The zero-order valence-corrected chi connectivity index (χ0v) is 12.6. The van der Waals surface area contributed by atoms with Gasteiger partial charge in [-0.05, 0) is 43.3 Å². The van der Waals surface area contributed by atoms with E-state index >= 15 is 0 Å². The van der Waals surface area contributed by atoms with E-state index in [0.717, 1.165) is 42.5 Å². The third kappa shape index (κ3) is 3.27. The van der Waals surface area contributed by atoms with Crippen LogP contribution in [0.15, 0.2) is 35.1 Å². The number of nitrogens with zero attached hydrogens (tertiary/aromatic N) is 1. The second kappa shape index (κ2) is 6.31. The van der Waals surface area contributed by atoms with Crippen molar-refractivity contribution in [3.8, 4) is 0 Å². The third-order valence-corrected chi connectivity index (χ3v) is 4.24. The van der Waals surface area contributed by atoms with E-state index in [1.54, 1.807) is 0 Å². The number of fused-ring (bicyclic) bond motifs is 1. The lowest BCUT2D eigenvalue weighted by Crippen LogP contribution is -2.39. The van der Waals surface area contributed by atoms with Crippen LogP contribution in [0.2, 0.25) is 0 Å². The number of aromatic nitrogens is 1. The minimum Gasteiger partial charge on any atom is -0.369 e. The molecule has 1 saturated heterocycles. The summed E-state index contributed by atoms with van der Waals surface area (Å²) in [7, 11) is 0. The monoisotopic (exact) mass is 285 g/mol. The summed E-state index contributed by atoms with van der Waals surface area (Å²) >= 11 is 0. The number of nitrogens with one attached hydrogen (secondary N) is 2. The largest absolute Gasteiger partial charge is 0.369 e. The molecule has 0 aliphatic carbocycles. The minimum atomic E-state index is -0.0148. The molecule has 1 aromatic carbocycles. The SMILES string of the molecule is CCCN1CCC(Nc2cc3ccccc3c(=O)[nH]2)CC1. The van der Waals surface area contributed by atoms with Crippen LogP contribution < -0.4 is 10.9 Å². The maximum absolute atomic E-state index is 12.1. The number of likely N-dealkylation sites (tertiary alicyclic amines) is 1. The molecule has 4 nitrogen and oxygen atoms in total. The van der Waals surface area contributed by atoms with E-state index in [2.05, 4.69) is 22.1 Å². The number of piperidine rings is 1. The Bertz CT molecular complexity index is 656. The molecule has 1 aliphatic heterocycles.